The van der Waals surface area contributed by atoms with Crippen LogP contribution in [0.2, 0.25) is 0 Å². The fourth-order valence-electron chi connectivity index (χ4n) is 3.79. The van der Waals surface area contributed by atoms with Gasteiger partial charge in [0, 0.05) is 12.1 Å². The van der Waals surface area contributed by atoms with Crippen LogP contribution in [0.25, 0.3) is 28.0 Å². The summed E-state index contributed by atoms with van der Waals surface area (Å²) in [6.07, 6.45) is 7.34. The molecule has 0 saturated carbocycles. The fraction of sp³-hybridized carbons (Fsp3) is 0.364. The molecule has 2 aromatic heterocycles. The van der Waals surface area contributed by atoms with Crippen molar-refractivity contribution in [1.29, 1.82) is 0 Å². The van der Waals surface area contributed by atoms with Gasteiger partial charge in [-0.05, 0) is 37.5 Å². The highest BCUT2D eigenvalue weighted by molar-refractivity contribution is 6.10. The predicted molar refractivity (Wildman–Crippen MR) is 106 cm³/mol. The molecule has 5 nitrogen and oxygen atoms in total. The molecule has 0 saturated heterocycles. The molecule has 0 amide bonds. The Balaban J connectivity index is 2.21. The monoisotopic (exact) mass is 366 g/mol. The highest BCUT2D eigenvalue weighted by Gasteiger charge is 2.26. The van der Waals surface area contributed by atoms with E-state index in [9.17, 15) is 9.59 Å². The minimum absolute atomic E-state index is 0.0546. The quantitative estimate of drug-likeness (QED) is 0.493. The van der Waals surface area contributed by atoms with Gasteiger partial charge in [-0.25, -0.2) is 4.79 Å². The molecular weight excluding hydrogens is 344 g/mol. The highest BCUT2D eigenvalue weighted by atomic mass is 16.5. The lowest BCUT2D eigenvalue weighted by atomic mass is 9.96. The Labute approximate surface area is 156 Å². The van der Waals surface area contributed by atoms with Gasteiger partial charge in [0.05, 0.1) is 10.9 Å². The van der Waals surface area contributed by atoms with Gasteiger partial charge in [0.25, 0.3) is 0 Å². The summed E-state index contributed by atoms with van der Waals surface area (Å²) in [5.74, 6) is 1.14. The van der Waals surface area contributed by atoms with Crippen molar-refractivity contribution in [1.82, 2.24) is 0 Å². The number of hydrogen-bond donors (Lipinski definition) is 0. The molecule has 1 aliphatic heterocycles. The Morgan fingerprint density at radius 3 is 2.56 bits per heavy atom. The number of aryl methyl sites for hydroxylation is 2. The lowest BCUT2D eigenvalue weighted by Gasteiger charge is -2.24. The molecule has 1 atom stereocenters. The zero-order chi connectivity index (χ0) is 19.1. The Bertz CT molecular complexity index is 1180. The van der Waals surface area contributed by atoms with Gasteiger partial charge in [0.1, 0.15) is 23.0 Å². The molecule has 0 aliphatic carbocycles. The Kier molecular flexibility index (Phi) is 4.38. The maximum absolute atomic E-state index is 12.8. The normalized spacial score (nSPS) is 15.9. The SMILES string of the molecule is CCCc1cc(=O)oc2c1c1c(c3oc(C)cc(=O)c32)C=CC(CCC)O1. The number of ether oxygens (including phenoxy) is 1. The van der Waals surface area contributed by atoms with Gasteiger partial charge in [0.2, 0.25) is 0 Å². The summed E-state index contributed by atoms with van der Waals surface area (Å²) in [6.45, 7) is 5.88. The summed E-state index contributed by atoms with van der Waals surface area (Å²) < 4.78 is 17.7. The van der Waals surface area contributed by atoms with E-state index < -0.39 is 5.63 Å². The Morgan fingerprint density at radius 1 is 1.00 bits per heavy atom. The minimum Gasteiger partial charge on any atom is -0.485 e. The zero-order valence-corrected chi connectivity index (χ0v) is 15.8. The molecule has 4 rings (SSSR count). The molecule has 3 heterocycles. The number of rotatable bonds is 4. The number of benzene rings is 1. The van der Waals surface area contributed by atoms with Crippen LogP contribution in [0.4, 0.5) is 0 Å². The van der Waals surface area contributed by atoms with Gasteiger partial charge in [-0.3, -0.25) is 4.79 Å². The summed E-state index contributed by atoms with van der Waals surface area (Å²) in [5, 5.41) is 1.01. The predicted octanol–water partition coefficient (Wildman–Crippen LogP) is 4.73. The molecule has 27 heavy (non-hydrogen) atoms. The molecule has 0 N–H and O–H groups in total. The van der Waals surface area contributed by atoms with Crippen LogP contribution in [-0.4, -0.2) is 6.10 Å². The van der Waals surface area contributed by atoms with Gasteiger partial charge < -0.3 is 13.6 Å². The highest BCUT2D eigenvalue weighted by Crippen LogP contribution is 2.42. The van der Waals surface area contributed by atoms with Crippen molar-refractivity contribution in [3.8, 4) is 5.75 Å². The van der Waals surface area contributed by atoms with Gasteiger partial charge in [0.15, 0.2) is 16.6 Å². The van der Waals surface area contributed by atoms with Gasteiger partial charge in [-0.2, -0.15) is 0 Å². The van der Waals surface area contributed by atoms with Crippen molar-refractivity contribution in [2.75, 3.05) is 0 Å². The van der Waals surface area contributed by atoms with Crippen LogP contribution in [0.3, 0.4) is 0 Å². The Morgan fingerprint density at radius 2 is 1.81 bits per heavy atom. The van der Waals surface area contributed by atoms with Gasteiger partial charge in [-0.1, -0.05) is 26.7 Å². The summed E-state index contributed by atoms with van der Waals surface area (Å²) in [7, 11) is 0. The second-order valence-corrected chi connectivity index (χ2v) is 7.02. The van der Waals surface area contributed by atoms with Crippen molar-refractivity contribution in [3.05, 3.63) is 55.7 Å². The molecule has 3 aromatic rings. The second kappa shape index (κ2) is 6.72. The van der Waals surface area contributed by atoms with Crippen molar-refractivity contribution < 1.29 is 13.6 Å². The molecule has 1 unspecified atom stereocenters. The molecular formula is C22H22O5. The minimum atomic E-state index is -0.469. The molecule has 0 fully saturated rings. The third kappa shape index (κ3) is 2.87. The first-order valence-electron chi connectivity index (χ1n) is 9.45. The zero-order valence-electron chi connectivity index (χ0n) is 15.8. The Hall–Kier alpha value is -2.82. The van der Waals surface area contributed by atoms with E-state index in [1.165, 1.54) is 12.1 Å². The van der Waals surface area contributed by atoms with Crippen LogP contribution < -0.4 is 15.8 Å². The summed E-state index contributed by atoms with van der Waals surface area (Å²) in [4.78, 5) is 24.9. The average Bonchev–Trinajstić information content (AvgIpc) is 2.61. The van der Waals surface area contributed by atoms with E-state index in [1.807, 2.05) is 19.1 Å². The van der Waals surface area contributed by atoms with E-state index in [2.05, 4.69) is 6.92 Å². The van der Waals surface area contributed by atoms with Crippen molar-refractivity contribution in [2.45, 2.75) is 52.6 Å². The van der Waals surface area contributed by atoms with E-state index in [1.54, 1.807) is 6.92 Å². The standard InChI is InChI=1S/C22H22O5/c1-4-6-13-11-17(24)27-22-18(13)20-15(9-8-14(26-20)7-5-2)21-19(22)16(23)10-12(3)25-21/h8-11,14H,4-7H2,1-3H3. The van der Waals surface area contributed by atoms with E-state index in [0.717, 1.165) is 30.4 Å². The van der Waals surface area contributed by atoms with Gasteiger partial charge >= 0.3 is 5.63 Å². The fourth-order valence-corrected chi connectivity index (χ4v) is 3.79. The van der Waals surface area contributed by atoms with Gasteiger partial charge in [-0.15, -0.1) is 0 Å². The summed E-state index contributed by atoms with van der Waals surface area (Å²) >= 11 is 0. The second-order valence-electron chi connectivity index (χ2n) is 7.02. The van der Waals surface area contributed by atoms with E-state index in [-0.39, 0.29) is 17.1 Å². The molecule has 0 bridgehead atoms. The first-order chi connectivity index (χ1) is 13.0. The first kappa shape index (κ1) is 17.6. The first-order valence-corrected chi connectivity index (χ1v) is 9.45. The third-order valence-electron chi connectivity index (χ3n) is 4.90. The van der Waals surface area contributed by atoms with Crippen LogP contribution in [-0.2, 0) is 6.42 Å². The lowest BCUT2D eigenvalue weighted by molar-refractivity contribution is 0.236. The van der Waals surface area contributed by atoms with Crippen LogP contribution >= 0.6 is 0 Å². The lowest BCUT2D eigenvalue weighted by Crippen LogP contribution is -2.18. The van der Waals surface area contributed by atoms with Crippen molar-refractivity contribution >= 4 is 28.0 Å². The molecule has 140 valence electrons. The molecule has 1 aliphatic rings. The third-order valence-corrected chi connectivity index (χ3v) is 4.90. The molecule has 1 aromatic carbocycles. The van der Waals surface area contributed by atoms with E-state index >= 15 is 0 Å². The van der Waals surface area contributed by atoms with Crippen molar-refractivity contribution in [2.24, 2.45) is 0 Å². The topological polar surface area (TPSA) is 69.7 Å². The molecule has 0 spiro atoms. The smallest absolute Gasteiger partial charge is 0.336 e. The van der Waals surface area contributed by atoms with Crippen LogP contribution in [0.1, 0.15) is 50.0 Å². The number of fused-ring (bicyclic) bond motifs is 6. The summed E-state index contributed by atoms with van der Waals surface area (Å²) in [5.41, 5.74) is 1.56. The van der Waals surface area contributed by atoms with Crippen LogP contribution in [0.5, 0.6) is 5.75 Å². The van der Waals surface area contributed by atoms with E-state index in [0.29, 0.717) is 34.3 Å². The van der Waals surface area contributed by atoms with Crippen LogP contribution in [0.15, 0.2) is 36.6 Å². The molecule has 0 radical (unpaired) electrons. The van der Waals surface area contributed by atoms with E-state index in [4.69, 9.17) is 13.6 Å². The maximum atomic E-state index is 12.8. The number of hydrogen-bond acceptors (Lipinski definition) is 5. The maximum Gasteiger partial charge on any atom is 0.336 e. The summed E-state index contributed by atoms with van der Waals surface area (Å²) in [6, 6.07) is 2.93. The van der Waals surface area contributed by atoms with Crippen LogP contribution in [0, 0.1) is 6.92 Å². The average molecular weight is 366 g/mol. The molecule has 5 heteroatoms. The largest absolute Gasteiger partial charge is 0.485 e. The van der Waals surface area contributed by atoms with Crippen molar-refractivity contribution in [3.63, 3.8) is 0 Å².